The maximum atomic E-state index is 7.35. The van der Waals surface area contributed by atoms with E-state index in [1.165, 1.54) is 27.2 Å². The molecule has 0 fully saturated rings. The predicted octanol–water partition coefficient (Wildman–Crippen LogP) is 12.8. The second-order valence-electron chi connectivity index (χ2n) is 15.9. The first kappa shape index (κ1) is 35.4. The van der Waals surface area contributed by atoms with E-state index in [0.717, 1.165) is 61.3 Å². The molecule has 1 radical (unpaired) electrons. The van der Waals surface area contributed by atoms with Gasteiger partial charge in [0, 0.05) is 31.1 Å². The average Bonchev–Trinajstić information content (AvgIpc) is 3.79. The molecule has 4 nitrogen and oxygen atoms in total. The summed E-state index contributed by atoms with van der Waals surface area (Å²) in [4.78, 5) is 9.69. The maximum absolute atomic E-state index is 7.35. The Bertz CT molecular complexity index is 2830. The van der Waals surface area contributed by atoms with Gasteiger partial charge >= 0.3 is 110 Å². The van der Waals surface area contributed by atoms with Gasteiger partial charge < -0.3 is 8.98 Å². The van der Waals surface area contributed by atoms with Crippen molar-refractivity contribution >= 4 is 50.6 Å². The molecule has 0 aliphatic rings. The Hall–Kier alpha value is -5.07. The number of fused-ring (bicyclic) bond motifs is 4. The molecule has 0 bridgehead atoms. The average molecular weight is 972 g/mol. The van der Waals surface area contributed by atoms with Gasteiger partial charge in [-0.3, -0.25) is 4.98 Å². The molecule has 0 amide bonds. The summed E-state index contributed by atoms with van der Waals surface area (Å²) >= 11 is -1.83. The summed E-state index contributed by atoms with van der Waals surface area (Å²) < 4.78 is 32.2. The van der Waals surface area contributed by atoms with E-state index in [1.54, 1.807) is 12.1 Å². The van der Waals surface area contributed by atoms with Crippen molar-refractivity contribution in [2.45, 2.75) is 50.3 Å². The second kappa shape index (κ2) is 15.8. The first-order chi connectivity index (χ1) is 27.7. The van der Waals surface area contributed by atoms with E-state index >= 15 is 0 Å². The van der Waals surface area contributed by atoms with Crippen LogP contribution in [0.1, 0.15) is 36.0 Å². The number of aromatic nitrogens is 3. The van der Waals surface area contributed by atoms with Gasteiger partial charge in [-0.15, -0.1) is 18.2 Å². The topological polar surface area (TPSA) is 43.9 Å². The third-order valence-corrected chi connectivity index (χ3v) is 14.2. The van der Waals surface area contributed by atoms with Crippen molar-refractivity contribution in [3.05, 3.63) is 169 Å². The molecular weight excluding hydrogens is 923 g/mol. The zero-order valence-corrected chi connectivity index (χ0v) is 36.9. The number of rotatable bonds is 5. The largest absolute Gasteiger partial charge is 0 e. The zero-order chi connectivity index (χ0) is 40.8. The molecule has 6 heteroatoms. The summed E-state index contributed by atoms with van der Waals surface area (Å²) in [6.45, 7) is 4.73. The summed E-state index contributed by atoms with van der Waals surface area (Å²) in [6.07, 6.45) is 1.95. The molecule has 0 saturated heterocycles. The Labute approximate surface area is 350 Å². The van der Waals surface area contributed by atoms with Crippen LogP contribution in [0.25, 0.3) is 72.4 Å². The van der Waals surface area contributed by atoms with Crippen molar-refractivity contribution in [3.63, 3.8) is 0 Å². The van der Waals surface area contributed by atoms with Crippen molar-refractivity contribution in [1.29, 1.82) is 0 Å². The first-order valence-corrected chi connectivity index (χ1v) is 26.0. The summed E-state index contributed by atoms with van der Waals surface area (Å²) in [5.41, 5.74) is 11.1. The van der Waals surface area contributed by atoms with Gasteiger partial charge in [0.2, 0.25) is 0 Å². The molecule has 9 aromatic rings. The standard InChI is InChI=1S/C35H27N2O.C15H18GeN.Ir/c1-35(2,3)28-19-12-16-24(23-13-5-4-6-14-23)32(28)37-30-21-9-8-20-29(30)36-34(37)27-18-11-17-26-25-15-7-10-22-31(25)38-33(26)27;1-12-5-7-13(8-6-12)15-10-9-14(11-17-15)16(2,3)4;/h4-17,19-22H,1-3H3;5-7,9-11H,1-4H3;/q2*-1;/i;1D3;. The van der Waals surface area contributed by atoms with Gasteiger partial charge in [0.1, 0.15) is 5.58 Å². The summed E-state index contributed by atoms with van der Waals surface area (Å²) in [6, 6.07) is 53.4. The van der Waals surface area contributed by atoms with Crippen LogP contribution in [0, 0.1) is 19.0 Å². The van der Waals surface area contributed by atoms with Crippen molar-refractivity contribution in [2.24, 2.45) is 0 Å². The van der Waals surface area contributed by atoms with Gasteiger partial charge in [-0.05, 0) is 34.7 Å². The molecular formula is C50H45GeIrN3O-2. The monoisotopic (exact) mass is 973 g/mol. The molecule has 0 saturated carbocycles. The van der Waals surface area contributed by atoms with Crippen LogP contribution in [0.3, 0.4) is 0 Å². The van der Waals surface area contributed by atoms with Crippen LogP contribution in [-0.4, -0.2) is 27.8 Å². The number of benzene rings is 6. The number of furan rings is 1. The van der Waals surface area contributed by atoms with Crippen LogP contribution in [0.5, 0.6) is 0 Å². The molecule has 3 heterocycles. The smallest absolute Gasteiger partial charge is 0 e. The summed E-state index contributed by atoms with van der Waals surface area (Å²) in [5, 5.41) is 2.17. The molecule has 9 rings (SSSR count). The van der Waals surface area contributed by atoms with Crippen LogP contribution in [-0.2, 0) is 25.5 Å². The van der Waals surface area contributed by atoms with Gasteiger partial charge in [-0.25, -0.2) is 0 Å². The molecule has 0 aliphatic carbocycles. The van der Waals surface area contributed by atoms with E-state index in [9.17, 15) is 0 Å². The fourth-order valence-corrected chi connectivity index (χ4v) is 9.27. The molecule has 6 aromatic carbocycles. The normalized spacial score (nSPS) is 12.7. The minimum Gasteiger partial charge on any atom is 0 e. The first-order valence-electron chi connectivity index (χ1n) is 20.2. The molecule has 0 spiro atoms. The number of imidazole rings is 1. The molecule has 281 valence electrons. The van der Waals surface area contributed by atoms with Crippen LogP contribution in [0.2, 0.25) is 17.3 Å². The van der Waals surface area contributed by atoms with Crippen molar-refractivity contribution in [3.8, 4) is 39.5 Å². The predicted molar refractivity (Wildman–Crippen MR) is 233 cm³/mol. The number of hydrogen-bond donors (Lipinski definition) is 0. The van der Waals surface area contributed by atoms with Gasteiger partial charge in [0.25, 0.3) is 0 Å². The van der Waals surface area contributed by atoms with Crippen LogP contribution in [0.4, 0.5) is 0 Å². The summed E-state index contributed by atoms with van der Waals surface area (Å²) in [5.74, 6) is 7.81. The van der Waals surface area contributed by atoms with E-state index in [1.807, 2.05) is 36.5 Å². The Balaban J connectivity index is 0.000000214. The molecule has 0 aliphatic heterocycles. The number of hydrogen-bond acceptors (Lipinski definition) is 3. The third-order valence-electron chi connectivity index (χ3n) is 9.99. The third kappa shape index (κ3) is 7.69. The number of nitrogens with zero attached hydrogens (tertiary/aromatic N) is 3. The van der Waals surface area contributed by atoms with Gasteiger partial charge in [-0.1, -0.05) is 111 Å². The van der Waals surface area contributed by atoms with Crippen molar-refractivity contribution in [1.82, 2.24) is 14.5 Å². The second-order valence-corrected chi connectivity index (χ2v) is 26.6. The number of aryl methyl sites for hydroxylation is 1. The summed E-state index contributed by atoms with van der Waals surface area (Å²) in [7, 11) is 0. The molecule has 56 heavy (non-hydrogen) atoms. The molecule has 3 aromatic heterocycles. The Morgan fingerprint density at radius 2 is 1.52 bits per heavy atom. The Morgan fingerprint density at radius 1 is 0.750 bits per heavy atom. The van der Waals surface area contributed by atoms with E-state index in [2.05, 4.69) is 151 Å². The fourth-order valence-electron chi connectivity index (χ4n) is 7.10. The minimum absolute atomic E-state index is 0. The Morgan fingerprint density at radius 3 is 2.23 bits per heavy atom. The van der Waals surface area contributed by atoms with Crippen LogP contribution < -0.4 is 4.40 Å². The quantitative estimate of drug-likeness (QED) is 0.127. The maximum Gasteiger partial charge on any atom is 0 e. The van der Waals surface area contributed by atoms with E-state index < -0.39 is 20.1 Å². The van der Waals surface area contributed by atoms with Gasteiger partial charge in [0.05, 0.1) is 28.1 Å². The SMILES string of the molecule is CC(C)(C)c1cccc(-c2ccccc2)c1-n1c(-c2[c-]ccc3c2oc2ccccc23)nc2ccccc21.[2H]C([2H])([2H])c1c[c-]c(-c2cc[c]([Ge]([CH3])([CH3])[CH3])cn2)cc1.[Ir]. The Kier molecular flexibility index (Phi) is 9.99. The van der Waals surface area contributed by atoms with E-state index in [0.29, 0.717) is 5.56 Å². The van der Waals surface area contributed by atoms with Crippen molar-refractivity contribution < 1.29 is 28.6 Å². The fraction of sp³-hybridized carbons (Fsp3) is 0.160. The zero-order valence-electron chi connectivity index (χ0n) is 35.4. The minimum atomic E-state index is -2.08. The van der Waals surface area contributed by atoms with E-state index in [4.69, 9.17) is 13.5 Å². The van der Waals surface area contributed by atoms with Gasteiger partial charge in [0.15, 0.2) is 0 Å². The number of pyridine rings is 1. The molecule has 0 unspecified atom stereocenters. The van der Waals surface area contributed by atoms with Gasteiger partial charge in [-0.2, -0.15) is 0 Å². The van der Waals surface area contributed by atoms with Crippen LogP contribution in [0.15, 0.2) is 150 Å². The molecule has 0 atom stereocenters. The molecule has 0 N–H and O–H groups in total. The van der Waals surface area contributed by atoms with Crippen molar-refractivity contribution in [2.75, 3.05) is 0 Å². The number of para-hydroxylation sites is 4. The van der Waals surface area contributed by atoms with E-state index in [-0.39, 0.29) is 25.5 Å². The van der Waals surface area contributed by atoms with Crippen LogP contribution >= 0.6 is 0 Å².